The lowest BCUT2D eigenvalue weighted by atomic mass is 10.3. The van der Waals surface area contributed by atoms with E-state index in [2.05, 4.69) is 9.97 Å². The van der Waals surface area contributed by atoms with Gasteiger partial charge >= 0.3 is 0 Å². The van der Waals surface area contributed by atoms with E-state index in [9.17, 15) is 10.1 Å². The van der Waals surface area contributed by atoms with Crippen LogP contribution in [0.3, 0.4) is 0 Å². The normalized spacial score (nSPS) is 10.3. The quantitative estimate of drug-likeness (QED) is 0.395. The van der Waals surface area contributed by atoms with Gasteiger partial charge in [0.25, 0.3) is 5.69 Å². The van der Waals surface area contributed by atoms with E-state index >= 15 is 0 Å². The van der Waals surface area contributed by atoms with Crippen molar-refractivity contribution in [1.29, 1.82) is 0 Å². The molecule has 1 aromatic heterocycles. The van der Waals surface area contributed by atoms with Crippen molar-refractivity contribution < 1.29 is 4.92 Å². The summed E-state index contributed by atoms with van der Waals surface area (Å²) in [6, 6.07) is 6.36. The Balaban J connectivity index is 2.25. The molecule has 0 unspecified atom stereocenters. The molecule has 2 aromatic rings. The Kier molecular flexibility index (Phi) is 3.42. The minimum Gasteiger partial charge on any atom is -0.393 e. The third kappa shape index (κ3) is 2.75. The van der Waals surface area contributed by atoms with E-state index in [-0.39, 0.29) is 11.4 Å². The number of aryl methyl sites for hydroxylation is 1. The zero-order chi connectivity index (χ0) is 13.1. The number of hydrogen-bond donors (Lipinski definition) is 1. The highest BCUT2D eigenvalue weighted by molar-refractivity contribution is 7.99. The van der Waals surface area contributed by atoms with Crippen molar-refractivity contribution in [2.24, 2.45) is 0 Å². The third-order valence-corrected chi connectivity index (χ3v) is 3.05. The second-order valence-electron chi connectivity index (χ2n) is 3.56. The Morgan fingerprint density at radius 3 is 2.78 bits per heavy atom. The first kappa shape index (κ1) is 12.3. The number of nitrogen functional groups attached to an aromatic ring is 1. The number of hydrogen-bond acceptors (Lipinski definition) is 6. The minimum absolute atomic E-state index is 0.0930. The first-order valence-electron chi connectivity index (χ1n) is 5.07. The molecule has 92 valence electrons. The number of aromatic nitrogens is 2. The predicted octanol–water partition coefficient (Wildman–Crippen LogP) is 2.43. The molecule has 0 aliphatic carbocycles. The average molecular weight is 262 g/mol. The topological polar surface area (TPSA) is 94.9 Å². The maximum Gasteiger partial charge on any atom is 0.292 e. The van der Waals surface area contributed by atoms with Gasteiger partial charge in [-0.25, -0.2) is 9.97 Å². The molecule has 0 bridgehead atoms. The van der Waals surface area contributed by atoms with Crippen molar-refractivity contribution in [3.63, 3.8) is 0 Å². The Labute approximate surface area is 107 Å². The number of nitro groups is 1. The molecule has 0 radical (unpaired) electrons. The van der Waals surface area contributed by atoms with Crippen molar-refractivity contribution in [3.05, 3.63) is 46.3 Å². The highest BCUT2D eigenvalue weighted by Crippen LogP contribution is 2.30. The van der Waals surface area contributed by atoms with Gasteiger partial charge in [-0.15, -0.1) is 0 Å². The smallest absolute Gasteiger partial charge is 0.292 e. The van der Waals surface area contributed by atoms with Crippen LogP contribution >= 0.6 is 11.8 Å². The fraction of sp³-hybridized carbons (Fsp3) is 0.0909. The highest BCUT2D eigenvalue weighted by atomic mass is 32.2. The molecule has 7 heteroatoms. The van der Waals surface area contributed by atoms with Gasteiger partial charge in [-0.05, 0) is 36.9 Å². The maximum absolute atomic E-state index is 10.6. The van der Waals surface area contributed by atoms with Gasteiger partial charge in [0.05, 0.1) is 4.92 Å². The lowest BCUT2D eigenvalue weighted by molar-refractivity contribution is -0.383. The molecule has 2 N–H and O–H groups in total. The van der Waals surface area contributed by atoms with Crippen LogP contribution < -0.4 is 5.73 Å². The SMILES string of the molecule is Cc1ccnc(Sc2ccc([N+](=O)[O-])c(N)c2)n1. The van der Waals surface area contributed by atoms with E-state index in [1.54, 1.807) is 24.4 Å². The Morgan fingerprint density at radius 2 is 2.17 bits per heavy atom. The summed E-state index contributed by atoms with van der Waals surface area (Å²) in [5.74, 6) is 0. The van der Waals surface area contributed by atoms with Crippen LogP contribution in [0.4, 0.5) is 11.4 Å². The first-order valence-corrected chi connectivity index (χ1v) is 5.89. The van der Waals surface area contributed by atoms with E-state index in [4.69, 9.17) is 5.73 Å². The van der Waals surface area contributed by atoms with Crippen LogP contribution in [0.2, 0.25) is 0 Å². The van der Waals surface area contributed by atoms with Gasteiger partial charge in [0.2, 0.25) is 0 Å². The predicted molar refractivity (Wildman–Crippen MR) is 68.4 cm³/mol. The highest BCUT2D eigenvalue weighted by Gasteiger charge is 2.12. The molecule has 0 saturated heterocycles. The van der Waals surface area contributed by atoms with E-state index in [1.807, 2.05) is 6.92 Å². The zero-order valence-corrected chi connectivity index (χ0v) is 10.3. The molecule has 0 fully saturated rings. The molecule has 1 aromatic carbocycles. The molecule has 0 atom stereocenters. The summed E-state index contributed by atoms with van der Waals surface area (Å²) in [6.07, 6.45) is 1.67. The van der Waals surface area contributed by atoms with Crippen LogP contribution in [0.25, 0.3) is 0 Å². The summed E-state index contributed by atoms with van der Waals surface area (Å²) < 4.78 is 0. The molecule has 0 aliphatic heterocycles. The van der Waals surface area contributed by atoms with Crippen LogP contribution in [-0.4, -0.2) is 14.9 Å². The number of nitro benzene ring substituents is 1. The number of nitrogens with two attached hydrogens (primary N) is 1. The Morgan fingerprint density at radius 1 is 1.39 bits per heavy atom. The molecule has 18 heavy (non-hydrogen) atoms. The number of rotatable bonds is 3. The lowest BCUT2D eigenvalue weighted by Crippen LogP contribution is -1.95. The van der Waals surface area contributed by atoms with E-state index in [0.717, 1.165) is 10.6 Å². The fourth-order valence-electron chi connectivity index (χ4n) is 1.34. The van der Waals surface area contributed by atoms with Gasteiger partial charge < -0.3 is 5.73 Å². The van der Waals surface area contributed by atoms with E-state index in [1.165, 1.54) is 17.8 Å². The molecule has 0 amide bonds. The summed E-state index contributed by atoms with van der Waals surface area (Å²) in [7, 11) is 0. The van der Waals surface area contributed by atoms with Crippen LogP contribution in [0.1, 0.15) is 5.69 Å². The Hall–Kier alpha value is -2.15. The molecular formula is C11H10N4O2S. The van der Waals surface area contributed by atoms with Gasteiger partial charge in [-0.2, -0.15) is 0 Å². The minimum atomic E-state index is -0.507. The molecular weight excluding hydrogens is 252 g/mol. The lowest BCUT2D eigenvalue weighted by Gasteiger charge is -2.02. The van der Waals surface area contributed by atoms with Gasteiger partial charge in [0, 0.05) is 22.9 Å². The van der Waals surface area contributed by atoms with Gasteiger partial charge in [0.1, 0.15) is 5.69 Å². The van der Waals surface area contributed by atoms with Crippen LogP contribution in [-0.2, 0) is 0 Å². The standard InChI is InChI=1S/C11H10N4O2S/c1-7-4-5-13-11(14-7)18-8-2-3-10(15(16)17)9(12)6-8/h2-6H,12H2,1H3. The van der Waals surface area contributed by atoms with E-state index in [0.29, 0.717) is 5.16 Å². The summed E-state index contributed by atoms with van der Waals surface area (Å²) in [6.45, 7) is 1.87. The van der Waals surface area contributed by atoms with Crippen molar-refractivity contribution in [2.45, 2.75) is 17.0 Å². The number of benzene rings is 1. The fourth-order valence-corrected chi connectivity index (χ4v) is 2.18. The number of anilines is 1. The number of nitrogens with zero attached hydrogens (tertiary/aromatic N) is 3. The molecule has 0 saturated carbocycles. The average Bonchev–Trinajstić information content (AvgIpc) is 2.28. The van der Waals surface area contributed by atoms with Crippen molar-refractivity contribution in [2.75, 3.05) is 5.73 Å². The summed E-state index contributed by atoms with van der Waals surface area (Å²) >= 11 is 1.31. The summed E-state index contributed by atoms with van der Waals surface area (Å²) in [5.41, 5.74) is 6.52. The van der Waals surface area contributed by atoms with Gasteiger partial charge in [-0.1, -0.05) is 0 Å². The Bertz CT molecular complexity index is 603. The first-order chi connectivity index (χ1) is 8.56. The van der Waals surface area contributed by atoms with Crippen molar-refractivity contribution in [3.8, 4) is 0 Å². The van der Waals surface area contributed by atoms with Crippen molar-refractivity contribution in [1.82, 2.24) is 9.97 Å². The third-order valence-electron chi connectivity index (χ3n) is 2.18. The summed E-state index contributed by atoms with van der Waals surface area (Å²) in [4.78, 5) is 19.2. The molecule has 1 heterocycles. The maximum atomic E-state index is 10.6. The van der Waals surface area contributed by atoms with Crippen LogP contribution in [0.15, 0.2) is 40.5 Å². The second kappa shape index (κ2) is 5.01. The molecule has 0 spiro atoms. The molecule has 0 aliphatic rings. The second-order valence-corrected chi connectivity index (χ2v) is 4.60. The van der Waals surface area contributed by atoms with Crippen molar-refractivity contribution >= 4 is 23.1 Å². The molecule has 2 rings (SSSR count). The van der Waals surface area contributed by atoms with Gasteiger partial charge in [0.15, 0.2) is 5.16 Å². The van der Waals surface area contributed by atoms with Crippen LogP contribution in [0.5, 0.6) is 0 Å². The van der Waals surface area contributed by atoms with Gasteiger partial charge in [-0.3, -0.25) is 10.1 Å². The zero-order valence-electron chi connectivity index (χ0n) is 9.53. The monoisotopic (exact) mass is 262 g/mol. The van der Waals surface area contributed by atoms with Crippen LogP contribution in [0, 0.1) is 17.0 Å². The van der Waals surface area contributed by atoms with E-state index < -0.39 is 4.92 Å². The summed E-state index contributed by atoms with van der Waals surface area (Å²) in [5, 5.41) is 11.2. The molecule has 6 nitrogen and oxygen atoms in total. The largest absolute Gasteiger partial charge is 0.393 e.